The van der Waals surface area contributed by atoms with Crippen LogP contribution >= 0.6 is 15.9 Å². The first-order chi connectivity index (χ1) is 11.6. The summed E-state index contributed by atoms with van der Waals surface area (Å²) in [5.41, 5.74) is 4.71. The number of carbonyl (C=O) groups is 1. The Kier molecular flexibility index (Phi) is 5.05. The van der Waals surface area contributed by atoms with Gasteiger partial charge in [0.1, 0.15) is 5.52 Å². The van der Waals surface area contributed by atoms with Crippen molar-refractivity contribution in [2.24, 2.45) is 0 Å². The van der Waals surface area contributed by atoms with E-state index in [0.717, 1.165) is 39.8 Å². The molecular formula is C18H17BrN4O. The van der Waals surface area contributed by atoms with Gasteiger partial charge >= 0.3 is 0 Å². The number of nitrogens with one attached hydrogen (secondary N) is 2. The maximum absolute atomic E-state index is 11.0. The molecule has 3 aromatic rings. The highest BCUT2D eigenvalue weighted by Crippen LogP contribution is 2.22. The normalized spacial score (nSPS) is 10.6. The molecule has 0 bridgehead atoms. The van der Waals surface area contributed by atoms with Gasteiger partial charge in [0.2, 0.25) is 5.91 Å². The Morgan fingerprint density at radius 1 is 1.17 bits per heavy atom. The molecule has 0 aliphatic carbocycles. The van der Waals surface area contributed by atoms with Crippen LogP contribution in [0.1, 0.15) is 12.5 Å². The van der Waals surface area contributed by atoms with Gasteiger partial charge in [0.05, 0.1) is 11.2 Å². The Balaban J connectivity index is 1.63. The van der Waals surface area contributed by atoms with Crippen molar-refractivity contribution in [2.75, 3.05) is 17.2 Å². The highest BCUT2D eigenvalue weighted by atomic mass is 79.9. The summed E-state index contributed by atoms with van der Waals surface area (Å²) in [5.74, 6) is -0.0619. The minimum absolute atomic E-state index is 0.0619. The van der Waals surface area contributed by atoms with Crippen molar-refractivity contribution >= 4 is 44.2 Å². The predicted molar refractivity (Wildman–Crippen MR) is 100 cm³/mol. The first-order valence-corrected chi connectivity index (χ1v) is 8.42. The van der Waals surface area contributed by atoms with E-state index in [1.807, 2.05) is 36.4 Å². The Labute approximate surface area is 148 Å². The fourth-order valence-corrected chi connectivity index (χ4v) is 2.77. The number of halogens is 1. The molecule has 0 spiro atoms. The van der Waals surface area contributed by atoms with Gasteiger partial charge in [0.15, 0.2) is 0 Å². The zero-order chi connectivity index (χ0) is 16.9. The highest BCUT2D eigenvalue weighted by molar-refractivity contribution is 9.10. The Morgan fingerprint density at radius 2 is 1.96 bits per heavy atom. The van der Waals surface area contributed by atoms with E-state index in [9.17, 15) is 4.79 Å². The van der Waals surface area contributed by atoms with Gasteiger partial charge in [-0.3, -0.25) is 14.8 Å². The lowest BCUT2D eigenvalue weighted by Gasteiger charge is -2.09. The maximum atomic E-state index is 11.0. The molecule has 0 fully saturated rings. The molecule has 122 valence electrons. The number of aromatic nitrogens is 2. The third-order valence-corrected chi connectivity index (χ3v) is 3.98. The zero-order valence-electron chi connectivity index (χ0n) is 13.2. The summed E-state index contributed by atoms with van der Waals surface area (Å²) in [5, 5.41) is 6.18. The molecule has 0 saturated carbocycles. The average Bonchev–Trinajstić information content (AvgIpc) is 2.56. The number of benzene rings is 1. The third-order valence-electron chi connectivity index (χ3n) is 3.55. The minimum Gasteiger partial charge on any atom is -0.383 e. The third kappa shape index (κ3) is 4.08. The monoisotopic (exact) mass is 384 g/mol. The van der Waals surface area contributed by atoms with Crippen molar-refractivity contribution in [3.63, 3.8) is 0 Å². The van der Waals surface area contributed by atoms with Gasteiger partial charge in [-0.05, 0) is 52.2 Å². The number of anilines is 2. The van der Waals surface area contributed by atoms with Gasteiger partial charge in [0.25, 0.3) is 0 Å². The fraction of sp³-hybridized carbons (Fsp3) is 0.167. The molecule has 3 rings (SSSR count). The number of nitrogens with zero attached hydrogens (tertiary/aromatic N) is 2. The maximum Gasteiger partial charge on any atom is 0.221 e. The van der Waals surface area contributed by atoms with Crippen molar-refractivity contribution in [1.82, 2.24) is 9.97 Å². The molecule has 0 radical (unpaired) electrons. The molecule has 2 N–H and O–H groups in total. The highest BCUT2D eigenvalue weighted by Gasteiger charge is 2.04. The number of amides is 1. The topological polar surface area (TPSA) is 66.9 Å². The molecule has 2 heterocycles. The van der Waals surface area contributed by atoms with Gasteiger partial charge in [-0.25, -0.2) is 0 Å². The van der Waals surface area contributed by atoms with E-state index >= 15 is 0 Å². The molecule has 6 heteroatoms. The number of carbonyl (C=O) groups excluding carboxylic acids is 1. The number of rotatable bonds is 5. The zero-order valence-corrected chi connectivity index (χ0v) is 14.8. The Bertz CT molecular complexity index is 865. The smallest absolute Gasteiger partial charge is 0.221 e. The van der Waals surface area contributed by atoms with Crippen molar-refractivity contribution in [2.45, 2.75) is 13.3 Å². The molecule has 0 unspecified atom stereocenters. The minimum atomic E-state index is -0.0619. The van der Waals surface area contributed by atoms with Crippen LogP contribution in [0.5, 0.6) is 0 Å². The summed E-state index contributed by atoms with van der Waals surface area (Å²) in [6.07, 6.45) is 4.43. The van der Waals surface area contributed by atoms with Crippen LogP contribution in [0.25, 0.3) is 11.0 Å². The van der Waals surface area contributed by atoms with Gasteiger partial charge in [-0.15, -0.1) is 0 Å². The second-order valence-corrected chi connectivity index (χ2v) is 6.35. The first-order valence-electron chi connectivity index (χ1n) is 7.62. The van der Waals surface area contributed by atoms with Crippen molar-refractivity contribution in [3.8, 4) is 0 Å². The summed E-state index contributed by atoms with van der Waals surface area (Å²) in [7, 11) is 0. The first kappa shape index (κ1) is 16.4. The van der Waals surface area contributed by atoms with Crippen LogP contribution in [0.2, 0.25) is 0 Å². The summed E-state index contributed by atoms with van der Waals surface area (Å²) in [4.78, 5) is 19.8. The van der Waals surface area contributed by atoms with E-state index in [0.29, 0.717) is 0 Å². The van der Waals surface area contributed by atoms with Crippen LogP contribution in [0.3, 0.4) is 0 Å². The molecule has 0 saturated heterocycles. The Morgan fingerprint density at radius 3 is 2.71 bits per heavy atom. The molecule has 0 aliphatic rings. The largest absolute Gasteiger partial charge is 0.383 e. The summed E-state index contributed by atoms with van der Waals surface area (Å²) < 4.78 is 0.916. The SMILES string of the molecule is CC(=O)Nc1ccc(CCNc2ccnc3cc(Br)cnc23)cc1. The van der Waals surface area contributed by atoms with Gasteiger partial charge in [0, 0.05) is 36.0 Å². The molecule has 24 heavy (non-hydrogen) atoms. The molecule has 5 nitrogen and oxygen atoms in total. The summed E-state index contributed by atoms with van der Waals surface area (Å²) in [6.45, 7) is 2.29. The fourth-order valence-electron chi connectivity index (χ4n) is 2.45. The molecule has 2 aromatic heterocycles. The number of pyridine rings is 2. The van der Waals surface area contributed by atoms with E-state index in [2.05, 4.69) is 36.5 Å². The molecular weight excluding hydrogens is 368 g/mol. The second-order valence-electron chi connectivity index (χ2n) is 5.43. The number of hydrogen-bond donors (Lipinski definition) is 2. The van der Waals surface area contributed by atoms with Crippen molar-refractivity contribution in [3.05, 3.63) is 58.8 Å². The standard InChI is InChI=1S/C18H17BrN4O/c1-12(24)23-15-4-2-13(3-5-15)6-8-20-16-7-9-21-17-10-14(19)11-22-18(16)17/h2-5,7,9-11H,6,8H2,1H3,(H,20,21)(H,23,24). The van der Waals surface area contributed by atoms with Crippen LogP contribution < -0.4 is 10.6 Å². The van der Waals surface area contributed by atoms with Crippen LogP contribution in [0.4, 0.5) is 11.4 Å². The van der Waals surface area contributed by atoms with Crippen LogP contribution in [0.15, 0.2) is 53.3 Å². The number of fused-ring (bicyclic) bond motifs is 1. The predicted octanol–water partition coefficient (Wildman–Crippen LogP) is 4.01. The summed E-state index contributed by atoms with van der Waals surface area (Å²) in [6, 6.07) is 11.8. The molecule has 1 aromatic carbocycles. The number of hydrogen-bond acceptors (Lipinski definition) is 4. The Hall–Kier alpha value is -2.47. The lowest BCUT2D eigenvalue weighted by molar-refractivity contribution is -0.114. The van der Waals surface area contributed by atoms with Gasteiger partial charge < -0.3 is 10.6 Å². The molecule has 0 atom stereocenters. The lowest BCUT2D eigenvalue weighted by atomic mass is 10.1. The van der Waals surface area contributed by atoms with Gasteiger partial charge in [-0.2, -0.15) is 0 Å². The van der Waals surface area contributed by atoms with Crippen LogP contribution in [-0.4, -0.2) is 22.4 Å². The lowest BCUT2D eigenvalue weighted by Crippen LogP contribution is -2.07. The van der Waals surface area contributed by atoms with Gasteiger partial charge in [-0.1, -0.05) is 12.1 Å². The second kappa shape index (κ2) is 7.40. The van der Waals surface area contributed by atoms with E-state index in [1.165, 1.54) is 12.5 Å². The molecule has 1 amide bonds. The van der Waals surface area contributed by atoms with Crippen LogP contribution in [0, 0.1) is 0 Å². The summed E-state index contributed by atoms with van der Waals surface area (Å²) >= 11 is 3.41. The van der Waals surface area contributed by atoms with Crippen molar-refractivity contribution < 1.29 is 4.79 Å². The van der Waals surface area contributed by atoms with E-state index in [1.54, 1.807) is 12.4 Å². The van der Waals surface area contributed by atoms with E-state index in [-0.39, 0.29) is 5.91 Å². The van der Waals surface area contributed by atoms with Crippen LogP contribution in [-0.2, 0) is 11.2 Å². The van der Waals surface area contributed by atoms with E-state index in [4.69, 9.17) is 0 Å². The van der Waals surface area contributed by atoms with E-state index < -0.39 is 0 Å². The quantitative estimate of drug-likeness (QED) is 0.697. The molecule has 0 aliphatic heterocycles. The van der Waals surface area contributed by atoms with Crippen molar-refractivity contribution in [1.29, 1.82) is 0 Å². The average molecular weight is 385 g/mol.